The zero-order chi connectivity index (χ0) is 13.0. The van der Waals surface area contributed by atoms with Crippen molar-refractivity contribution in [1.82, 2.24) is 4.90 Å². The van der Waals surface area contributed by atoms with Crippen LogP contribution in [-0.4, -0.2) is 41.2 Å². The minimum Gasteiger partial charge on any atom is -0.481 e. The van der Waals surface area contributed by atoms with Crippen LogP contribution in [0.3, 0.4) is 0 Å². The predicted molar refractivity (Wildman–Crippen MR) is 68.4 cm³/mol. The van der Waals surface area contributed by atoms with Gasteiger partial charge >= 0.3 is 0 Å². The molecule has 1 fully saturated rings. The van der Waals surface area contributed by atoms with Gasteiger partial charge in [0.2, 0.25) is 0 Å². The van der Waals surface area contributed by atoms with Crippen molar-refractivity contribution in [2.24, 2.45) is 0 Å². The molecule has 1 aromatic rings. The highest BCUT2D eigenvalue weighted by atomic mass is 16.5. The van der Waals surface area contributed by atoms with Gasteiger partial charge in [-0.2, -0.15) is 0 Å². The van der Waals surface area contributed by atoms with Gasteiger partial charge in [-0.15, -0.1) is 0 Å². The molecule has 0 saturated carbocycles. The second-order valence-electron chi connectivity index (χ2n) is 4.55. The minimum atomic E-state index is -0.460. The van der Waals surface area contributed by atoms with Gasteiger partial charge in [-0.3, -0.25) is 4.79 Å². The molecule has 4 nitrogen and oxygen atoms in total. The summed E-state index contributed by atoms with van der Waals surface area (Å²) < 4.78 is 5.70. The molecule has 0 aromatic heterocycles. The van der Waals surface area contributed by atoms with E-state index in [1.54, 1.807) is 4.90 Å². The lowest BCUT2D eigenvalue weighted by Crippen LogP contribution is -2.40. The first-order chi connectivity index (χ1) is 8.70. The Labute approximate surface area is 107 Å². The monoisotopic (exact) mass is 249 g/mol. The number of ether oxygens (including phenoxy) is 1. The normalized spacial score (nSPS) is 20.8. The molecule has 18 heavy (non-hydrogen) atoms. The molecule has 2 atom stereocenters. The summed E-state index contributed by atoms with van der Waals surface area (Å²) in [5.74, 6) is 0.676. The number of hydrogen-bond acceptors (Lipinski definition) is 3. The molecule has 0 aliphatic carbocycles. The third-order valence-corrected chi connectivity index (χ3v) is 3.14. The number of β-amino-alcohol motifs (C(OH)–C–C–N with tert-alkyl or cyclic N) is 1. The highest BCUT2D eigenvalue weighted by Gasteiger charge is 2.30. The van der Waals surface area contributed by atoms with Crippen molar-refractivity contribution in [3.63, 3.8) is 0 Å². The molecule has 1 heterocycles. The summed E-state index contributed by atoms with van der Waals surface area (Å²) in [5.41, 5.74) is 0. The molecule has 4 heteroatoms. The first kappa shape index (κ1) is 12.9. The molecule has 0 radical (unpaired) electrons. The molecule has 1 amide bonds. The van der Waals surface area contributed by atoms with Crippen molar-refractivity contribution in [3.05, 3.63) is 30.3 Å². The fraction of sp³-hybridized carbons (Fsp3) is 0.500. The van der Waals surface area contributed by atoms with Crippen LogP contribution in [0.5, 0.6) is 5.75 Å². The zero-order valence-electron chi connectivity index (χ0n) is 10.6. The van der Waals surface area contributed by atoms with Crippen LogP contribution in [0.15, 0.2) is 30.3 Å². The smallest absolute Gasteiger partial charge is 0.263 e. The molecule has 98 valence electrons. The fourth-order valence-electron chi connectivity index (χ4n) is 2.12. The number of amides is 1. The topological polar surface area (TPSA) is 49.8 Å². The maximum Gasteiger partial charge on any atom is 0.263 e. The SMILES string of the molecule is CCC(Oc1ccccc1)C(=O)N1CCC(O)C1. The molecule has 1 aliphatic heterocycles. The van der Waals surface area contributed by atoms with Crippen molar-refractivity contribution in [3.8, 4) is 5.75 Å². The van der Waals surface area contributed by atoms with Crippen LogP contribution in [-0.2, 0) is 4.79 Å². The number of aliphatic hydroxyl groups is 1. The van der Waals surface area contributed by atoms with Crippen LogP contribution in [0, 0.1) is 0 Å². The molecular formula is C14H19NO3. The molecule has 2 unspecified atom stereocenters. The zero-order valence-corrected chi connectivity index (χ0v) is 10.6. The number of rotatable bonds is 4. The van der Waals surface area contributed by atoms with Crippen LogP contribution >= 0.6 is 0 Å². The van der Waals surface area contributed by atoms with E-state index in [0.717, 1.165) is 0 Å². The molecule has 1 aliphatic rings. The number of para-hydroxylation sites is 1. The number of nitrogens with zero attached hydrogens (tertiary/aromatic N) is 1. The van der Waals surface area contributed by atoms with Crippen LogP contribution in [0.4, 0.5) is 0 Å². The van der Waals surface area contributed by atoms with Crippen molar-refractivity contribution >= 4 is 5.91 Å². The molecule has 2 rings (SSSR count). The standard InChI is InChI=1S/C14H19NO3/c1-2-13(18-12-6-4-3-5-7-12)14(17)15-9-8-11(16)10-15/h3-7,11,13,16H,2,8-10H2,1H3. The summed E-state index contributed by atoms with van der Waals surface area (Å²) >= 11 is 0. The highest BCUT2D eigenvalue weighted by Crippen LogP contribution is 2.16. The maximum atomic E-state index is 12.2. The van der Waals surface area contributed by atoms with E-state index >= 15 is 0 Å². The lowest BCUT2D eigenvalue weighted by Gasteiger charge is -2.23. The van der Waals surface area contributed by atoms with E-state index in [-0.39, 0.29) is 12.0 Å². The molecule has 1 N–H and O–H groups in total. The second-order valence-corrected chi connectivity index (χ2v) is 4.55. The Morgan fingerprint density at radius 2 is 2.22 bits per heavy atom. The Morgan fingerprint density at radius 3 is 2.78 bits per heavy atom. The Bertz CT molecular complexity index is 393. The number of carbonyl (C=O) groups is 1. The number of carbonyl (C=O) groups excluding carboxylic acids is 1. The van der Waals surface area contributed by atoms with Gasteiger partial charge in [0.05, 0.1) is 6.10 Å². The summed E-state index contributed by atoms with van der Waals surface area (Å²) in [5, 5.41) is 9.46. The maximum absolute atomic E-state index is 12.2. The number of aliphatic hydroxyl groups excluding tert-OH is 1. The largest absolute Gasteiger partial charge is 0.481 e. The van der Waals surface area contributed by atoms with E-state index in [2.05, 4.69) is 0 Å². The Hall–Kier alpha value is -1.55. The van der Waals surface area contributed by atoms with Crippen molar-refractivity contribution < 1.29 is 14.6 Å². The number of benzene rings is 1. The molecular weight excluding hydrogens is 230 g/mol. The summed E-state index contributed by atoms with van der Waals surface area (Å²) in [7, 11) is 0. The summed E-state index contributed by atoms with van der Waals surface area (Å²) in [6.45, 7) is 2.97. The summed E-state index contributed by atoms with van der Waals surface area (Å²) in [6.07, 6.45) is 0.439. The van der Waals surface area contributed by atoms with Crippen molar-refractivity contribution in [2.75, 3.05) is 13.1 Å². The van der Waals surface area contributed by atoms with Gasteiger partial charge < -0.3 is 14.7 Å². The van der Waals surface area contributed by atoms with Crippen molar-refractivity contribution in [1.29, 1.82) is 0 Å². The van der Waals surface area contributed by atoms with Crippen molar-refractivity contribution in [2.45, 2.75) is 32.0 Å². The average molecular weight is 249 g/mol. The molecule has 0 spiro atoms. The van der Waals surface area contributed by atoms with Gasteiger partial charge in [-0.25, -0.2) is 0 Å². The quantitative estimate of drug-likeness (QED) is 0.878. The number of hydrogen-bond donors (Lipinski definition) is 1. The van der Waals surface area contributed by atoms with Gasteiger partial charge in [0, 0.05) is 13.1 Å². The van der Waals surface area contributed by atoms with E-state index in [1.807, 2.05) is 37.3 Å². The third kappa shape index (κ3) is 3.01. The summed E-state index contributed by atoms with van der Waals surface area (Å²) in [4.78, 5) is 13.9. The molecule has 1 aromatic carbocycles. The third-order valence-electron chi connectivity index (χ3n) is 3.14. The van der Waals surface area contributed by atoms with Gasteiger partial charge in [0.1, 0.15) is 5.75 Å². The first-order valence-electron chi connectivity index (χ1n) is 6.39. The Morgan fingerprint density at radius 1 is 1.50 bits per heavy atom. The second kappa shape index (κ2) is 5.87. The van der Waals surface area contributed by atoms with E-state index in [9.17, 15) is 9.90 Å². The average Bonchev–Trinajstić information content (AvgIpc) is 2.83. The van der Waals surface area contributed by atoms with Gasteiger partial charge in [0.15, 0.2) is 6.10 Å². The van der Waals surface area contributed by atoms with Crippen LogP contribution in [0.2, 0.25) is 0 Å². The van der Waals surface area contributed by atoms with Gasteiger partial charge in [-0.05, 0) is 25.0 Å². The fourth-order valence-corrected chi connectivity index (χ4v) is 2.12. The lowest BCUT2D eigenvalue weighted by molar-refractivity contribution is -0.138. The Kier molecular flexibility index (Phi) is 4.20. The van der Waals surface area contributed by atoms with Crippen LogP contribution < -0.4 is 4.74 Å². The van der Waals surface area contributed by atoms with Gasteiger partial charge in [-0.1, -0.05) is 25.1 Å². The molecule has 1 saturated heterocycles. The predicted octanol–water partition coefficient (Wildman–Crippen LogP) is 1.44. The highest BCUT2D eigenvalue weighted by molar-refractivity contribution is 5.81. The van der Waals surface area contributed by atoms with Crippen LogP contribution in [0.1, 0.15) is 19.8 Å². The number of likely N-dealkylation sites (tertiary alicyclic amines) is 1. The van der Waals surface area contributed by atoms with Gasteiger partial charge in [0.25, 0.3) is 5.91 Å². The van der Waals surface area contributed by atoms with E-state index < -0.39 is 6.10 Å². The Balaban J connectivity index is 1.98. The van der Waals surface area contributed by atoms with E-state index in [1.165, 1.54) is 0 Å². The lowest BCUT2D eigenvalue weighted by atomic mass is 10.2. The first-order valence-corrected chi connectivity index (χ1v) is 6.39. The molecule has 0 bridgehead atoms. The summed E-state index contributed by atoms with van der Waals surface area (Å²) in [6, 6.07) is 9.36. The van der Waals surface area contributed by atoms with Crippen LogP contribution in [0.25, 0.3) is 0 Å². The van der Waals surface area contributed by atoms with E-state index in [0.29, 0.717) is 31.7 Å². The van der Waals surface area contributed by atoms with E-state index in [4.69, 9.17) is 4.74 Å². The minimum absolute atomic E-state index is 0.0297.